The Hall–Kier alpha value is -2.84. The molecular weight excluding hydrogens is 534 g/mol. The van der Waals surface area contributed by atoms with Gasteiger partial charge in [-0.3, -0.25) is 14.4 Å². The number of Topliss-reactive ketones (excluding diaryl/α,β-unsaturated/α-hetero) is 1. The van der Waals surface area contributed by atoms with Crippen molar-refractivity contribution in [1.29, 1.82) is 0 Å². The Morgan fingerprint density at radius 3 is 2.58 bits per heavy atom. The Labute approximate surface area is 229 Å². The minimum absolute atomic E-state index is 0.0354. The van der Waals surface area contributed by atoms with Crippen LogP contribution in [0.4, 0.5) is 10.1 Å². The number of ether oxygens (including phenoxy) is 2. The zero-order valence-corrected chi connectivity index (χ0v) is 22.3. The van der Waals surface area contributed by atoms with Crippen molar-refractivity contribution < 1.29 is 28.2 Å². The number of amides is 2. The van der Waals surface area contributed by atoms with E-state index in [2.05, 4.69) is 5.32 Å². The highest BCUT2D eigenvalue weighted by atomic mass is 35.5. The van der Waals surface area contributed by atoms with Gasteiger partial charge in [0.1, 0.15) is 17.7 Å². The van der Waals surface area contributed by atoms with Crippen molar-refractivity contribution in [2.75, 3.05) is 18.1 Å². The van der Waals surface area contributed by atoms with Gasteiger partial charge in [-0.15, -0.1) is 0 Å². The van der Waals surface area contributed by atoms with E-state index >= 15 is 0 Å². The topological polar surface area (TPSA) is 84.9 Å². The van der Waals surface area contributed by atoms with Crippen molar-refractivity contribution in [3.05, 3.63) is 52.0 Å². The molecule has 10 heteroatoms. The van der Waals surface area contributed by atoms with Crippen LogP contribution in [0.3, 0.4) is 0 Å². The first kappa shape index (κ1) is 25.4. The minimum Gasteiger partial charge on any atom is -0.484 e. The molecule has 0 saturated heterocycles. The second-order valence-corrected chi connectivity index (χ2v) is 12.1. The van der Waals surface area contributed by atoms with E-state index in [1.807, 2.05) is 6.92 Å². The van der Waals surface area contributed by atoms with Crippen LogP contribution in [-0.2, 0) is 14.4 Å². The van der Waals surface area contributed by atoms with E-state index in [-0.39, 0.29) is 48.1 Å². The molecule has 4 fully saturated rings. The number of rotatable bonds is 8. The molecule has 5 aliphatic rings. The molecule has 38 heavy (non-hydrogen) atoms. The molecule has 7 rings (SSSR count). The van der Waals surface area contributed by atoms with E-state index in [1.165, 1.54) is 4.90 Å². The van der Waals surface area contributed by atoms with Gasteiger partial charge in [-0.05, 0) is 80.0 Å². The summed E-state index contributed by atoms with van der Waals surface area (Å²) in [5, 5.41) is 4.13. The molecule has 0 spiro atoms. The molecule has 7 nitrogen and oxygen atoms in total. The number of fused-ring (bicyclic) bond motifs is 1. The van der Waals surface area contributed by atoms with Gasteiger partial charge in [0.2, 0.25) is 5.91 Å². The van der Waals surface area contributed by atoms with Crippen LogP contribution in [0.1, 0.15) is 37.7 Å². The number of nitrogens with zero attached hydrogens (tertiary/aromatic N) is 1. The number of anilines is 1. The Bertz CT molecular complexity index is 1330. The number of halogens is 3. The average Bonchev–Trinajstić information content (AvgIpc) is 3.57. The van der Waals surface area contributed by atoms with Crippen LogP contribution in [0.25, 0.3) is 0 Å². The molecule has 0 radical (unpaired) electrons. The number of benzene rings is 2. The molecule has 1 N–H and O–H groups in total. The normalized spacial score (nSPS) is 30.2. The van der Waals surface area contributed by atoms with E-state index in [1.54, 1.807) is 36.4 Å². The number of alkyl halides is 1. The third kappa shape index (κ3) is 4.62. The molecule has 3 atom stereocenters. The smallest absolute Gasteiger partial charge is 0.258 e. The van der Waals surface area contributed by atoms with Gasteiger partial charge in [-0.2, -0.15) is 0 Å². The van der Waals surface area contributed by atoms with Gasteiger partial charge in [0.25, 0.3) is 5.91 Å². The Morgan fingerprint density at radius 1 is 1.16 bits per heavy atom. The number of carbonyl (C=O) groups excluding carboxylic acids is 3. The zero-order valence-electron chi connectivity index (χ0n) is 20.8. The highest BCUT2D eigenvalue weighted by Crippen LogP contribution is 2.69. The molecule has 4 saturated carbocycles. The number of aryl methyl sites for hydroxylation is 1. The van der Waals surface area contributed by atoms with Gasteiger partial charge in [0.05, 0.1) is 18.2 Å². The summed E-state index contributed by atoms with van der Waals surface area (Å²) >= 11 is 12.2. The Morgan fingerprint density at radius 2 is 1.89 bits per heavy atom. The summed E-state index contributed by atoms with van der Waals surface area (Å²) in [6, 6.07) is 10.1. The first-order valence-electron chi connectivity index (χ1n) is 12.7. The van der Waals surface area contributed by atoms with Gasteiger partial charge in [-0.25, -0.2) is 4.39 Å². The van der Waals surface area contributed by atoms with E-state index in [0.717, 1.165) is 5.56 Å². The highest BCUT2D eigenvalue weighted by Gasteiger charge is 2.69. The van der Waals surface area contributed by atoms with Crippen LogP contribution in [0.15, 0.2) is 36.4 Å². The Balaban J connectivity index is 1.03. The summed E-state index contributed by atoms with van der Waals surface area (Å²) < 4.78 is 25.2. The number of ketones is 1. The van der Waals surface area contributed by atoms with Crippen LogP contribution in [-0.4, -0.2) is 48.6 Å². The predicted octanol–water partition coefficient (Wildman–Crippen LogP) is 4.83. The summed E-state index contributed by atoms with van der Waals surface area (Å²) in [7, 11) is 0. The fraction of sp³-hybridized carbons (Fsp3) is 0.464. The largest absolute Gasteiger partial charge is 0.484 e. The first-order valence-corrected chi connectivity index (χ1v) is 13.5. The maximum Gasteiger partial charge on any atom is 0.258 e. The van der Waals surface area contributed by atoms with Gasteiger partial charge < -0.3 is 19.7 Å². The van der Waals surface area contributed by atoms with Crippen molar-refractivity contribution in [2.24, 2.45) is 11.3 Å². The number of nitrogens with one attached hydrogen (secondary N) is 1. The monoisotopic (exact) mass is 560 g/mol. The standard InChI is InChI=1S/C28H27Cl2FN2O5/c1-15-6-17(3-4-19(15)30)37-11-25(35)32-28-12-27(13-28,14-28)9-22(34)24-10-33(26(36)18-8-20(18)31)21-7-16(29)2-5-23(21)38-24/h2-7,18,20,24H,8-14H2,1H3,(H,32,35)/t18-,20+,24?,27?,28?/m1/s1. The van der Waals surface area contributed by atoms with E-state index in [9.17, 15) is 18.8 Å². The van der Waals surface area contributed by atoms with Crippen LogP contribution in [0.2, 0.25) is 10.0 Å². The molecule has 4 aliphatic carbocycles. The van der Waals surface area contributed by atoms with E-state index < -0.39 is 18.2 Å². The predicted molar refractivity (Wildman–Crippen MR) is 140 cm³/mol. The summed E-state index contributed by atoms with van der Waals surface area (Å²) in [4.78, 5) is 40.1. The van der Waals surface area contributed by atoms with Crippen LogP contribution in [0, 0.1) is 18.3 Å². The maximum absolute atomic E-state index is 13.7. The summed E-state index contributed by atoms with van der Waals surface area (Å²) in [5.41, 5.74) is 0.875. The van der Waals surface area contributed by atoms with Crippen LogP contribution in [0.5, 0.6) is 11.5 Å². The van der Waals surface area contributed by atoms with Crippen LogP contribution < -0.4 is 19.7 Å². The second-order valence-electron chi connectivity index (χ2n) is 11.2. The third-order valence-corrected chi connectivity index (χ3v) is 8.74. The van der Waals surface area contributed by atoms with Crippen molar-refractivity contribution >= 4 is 46.5 Å². The lowest BCUT2D eigenvalue weighted by molar-refractivity contribution is -0.175. The molecule has 2 amide bonds. The summed E-state index contributed by atoms with van der Waals surface area (Å²) in [6.45, 7) is 1.80. The maximum atomic E-state index is 13.7. The van der Waals surface area contributed by atoms with E-state index in [0.29, 0.717) is 52.9 Å². The van der Waals surface area contributed by atoms with Crippen LogP contribution >= 0.6 is 23.2 Å². The fourth-order valence-corrected chi connectivity index (χ4v) is 6.53. The fourth-order valence-electron chi connectivity index (χ4n) is 6.24. The lowest BCUT2D eigenvalue weighted by atomic mass is 9.38. The summed E-state index contributed by atoms with van der Waals surface area (Å²) in [6.07, 6.45) is 0.664. The average molecular weight is 561 g/mol. The van der Waals surface area contributed by atoms with Crippen molar-refractivity contribution in [2.45, 2.75) is 56.8 Å². The molecule has 2 aromatic carbocycles. The molecule has 200 valence electrons. The second kappa shape index (κ2) is 9.12. The molecule has 1 unspecified atom stereocenters. The summed E-state index contributed by atoms with van der Waals surface area (Å²) in [5.74, 6) is -0.356. The quantitative estimate of drug-likeness (QED) is 0.499. The molecular formula is C28H27Cl2FN2O5. The molecule has 0 aromatic heterocycles. The first-order chi connectivity index (χ1) is 18.1. The minimum atomic E-state index is -1.14. The van der Waals surface area contributed by atoms with Crippen molar-refractivity contribution in [3.8, 4) is 11.5 Å². The molecule has 1 heterocycles. The zero-order chi connectivity index (χ0) is 26.8. The molecule has 2 aromatic rings. The number of hydrogen-bond acceptors (Lipinski definition) is 5. The van der Waals surface area contributed by atoms with Crippen molar-refractivity contribution in [3.63, 3.8) is 0 Å². The third-order valence-electron chi connectivity index (χ3n) is 8.08. The van der Waals surface area contributed by atoms with Gasteiger partial charge >= 0.3 is 0 Å². The highest BCUT2D eigenvalue weighted by molar-refractivity contribution is 6.31. The lowest BCUT2D eigenvalue weighted by Gasteiger charge is -2.70. The van der Waals surface area contributed by atoms with Gasteiger partial charge in [0.15, 0.2) is 18.5 Å². The van der Waals surface area contributed by atoms with Gasteiger partial charge in [-0.1, -0.05) is 23.2 Å². The van der Waals surface area contributed by atoms with Crippen molar-refractivity contribution in [1.82, 2.24) is 5.32 Å². The molecule has 1 aliphatic heterocycles. The van der Waals surface area contributed by atoms with E-state index in [4.69, 9.17) is 32.7 Å². The SMILES string of the molecule is Cc1cc(OCC(=O)NC23CC(CC(=O)C4CN(C(=O)[C@@H]5C[C@@H]5F)c5cc(Cl)ccc5O4)(C2)C3)ccc1Cl. The Kier molecular flexibility index (Phi) is 6.11. The number of hydrogen-bond donors (Lipinski definition) is 1. The number of carbonyl (C=O) groups is 3. The van der Waals surface area contributed by atoms with Gasteiger partial charge in [0, 0.05) is 22.0 Å². The molecule has 2 bridgehead atoms. The lowest BCUT2D eigenvalue weighted by Crippen LogP contribution is -2.75.